The molecule has 0 radical (unpaired) electrons. The van der Waals surface area contributed by atoms with Gasteiger partial charge in [-0.2, -0.15) is 4.98 Å². The monoisotopic (exact) mass is 338 g/mol. The third-order valence-corrected chi connectivity index (χ3v) is 4.51. The Labute approximate surface area is 136 Å². The lowest BCUT2D eigenvalue weighted by Gasteiger charge is -2.10. The molecule has 0 aliphatic carbocycles. The van der Waals surface area contributed by atoms with Crippen LogP contribution in [0.4, 0.5) is 5.95 Å². The van der Waals surface area contributed by atoms with Crippen molar-refractivity contribution in [2.75, 3.05) is 12.4 Å². The van der Waals surface area contributed by atoms with Crippen molar-refractivity contribution >= 4 is 16.0 Å². The number of nitrogens with one attached hydrogen (secondary N) is 2. The third kappa shape index (κ3) is 5.04. The highest BCUT2D eigenvalue weighted by Crippen LogP contribution is 2.21. The molecule has 2 rings (SSSR count). The summed E-state index contributed by atoms with van der Waals surface area (Å²) in [6, 6.07) is 7.36. The van der Waals surface area contributed by atoms with Crippen molar-refractivity contribution in [2.24, 2.45) is 0 Å². The highest BCUT2D eigenvalue weighted by molar-refractivity contribution is 7.88. The molecule has 23 heavy (non-hydrogen) atoms. The Morgan fingerprint density at radius 1 is 1.22 bits per heavy atom. The Kier molecular flexibility index (Phi) is 5.06. The number of benzene rings is 1. The maximum absolute atomic E-state index is 11.6. The Morgan fingerprint density at radius 3 is 2.52 bits per heavy atom. The number of nitrogens with zero attached hydrogens (tertiary/aromatic N) is 2. The number of anilines is 1. The zero-order chi connectivity index (χ0) is 17.1. The lowest BCUT2D eigenvalue weighted by molar-refractivity contribution is 0.321. The van der Waals surface area contributed by atoms with Crippen molar-refractivity contribution in [1.29, 1.82) is 0 Å². The quantitative estimate of drug-likeness (QED) is 0.836. The zero-order valence-corrected chi connectivity index (χ0v) is 14.6. The summed E-state index contributed by atoms with van der Waals surface area (Å²) in [5, 5.41) is 6.97. The summed E-state index contributed by atoms with van der Waals surface area (Å²) < 4.78 is 30.7. The van der Waals surface area contributed by atoms with E-state index in [2.05, 4.69) is 20.2 Å². The Hall–Kier alpha value is -1.93. The van der Waals surface area contributed by atoms with Crippen LogP contribution in [0.1, 0.15) is 37.8 Å². The average Bonchev–Trinajstić information content (AvgIpc) is 2.94. The second kappa shape index (κ2) is 6.67. The minimum Gasteiger partial charge on any atom is -0.348 e. The fraction of sp³-hybridized carbons (Fsp3) is 0.467. The normalized spacial score (nSPS) is 12.3. The van der Waals surface area contributed by atoms with Crippen LogP contribution < -0.4 is 10.0 Å². The van der Waals surface area contributed by atoms with E-state index < -0.39 is 10.0 Å². The fourth-order valence-corrected chi connectivity index (χ4v) is 2.66. The van der Waals surface area contributed by atoms with Crippen LogP contribution in [0.3, 0.4) is 0 Å². The molecule has 0 saturated heterocycles. The van der Waals surface area contributed by atoms with E-state index in [0.717, 1.165) is 11.1 Å². The summed E-state index contributed by atoms with van der Waals surface area (Å²) in [5.74, 6) is 0.935. The summed E-state index contributed by atoms with van der Waals surface area (Å²) in [6.45, 7) is 6.47. The molecule has 1 aromatic heterocycles. The summed E-state index contributed by atoms with van der Waals surface area (Å²) in [4.78, 5) is 4.30. The molecular weight excluding hydrogens is 316 g/mol. The molecule has 0 aliphatic heterocycles. The van der Waals surface area contributed by atoms with Crippen molar-refractivity contribution in [3.63, 3.8) is 0 Å². The molecule has 0 fully saturated rings. The first-order valence-corrected chi connectivity index (χ1v) is 8.92. The minimum atomic E-state index is -3.28. The van der Waals surface area contributed by atoms with Crippen LogP contribution in [0.2, 0.25) is 0 Å². The SMILES string of the molecule is CNS(=O)(=O)Cc1cccc(CNc2noc(C(C)(C)C)n2)c1. The van der Waals surface area contributed by atoms with Crippen LogP contribution >= 0.6 is 0 Å². The van der Waals surface area contributed by atoms with Crippen molar-refractivity contribution in [3.05, 3.63) is 41.3 Å². The van der Waals surface area contributed by atoms with Gasteiger partial charge in [0.05, 0.1) is 5.75 Å². The number of rotatable bonds is 6. The van der Waals surface area contributed by atoms with Gasteiger partial charge in [0, 0.05) is 12.0 Å². The van der Waals surface area contributed by atoms with Crippen molar-refractivity contribution < 1.29 is 12.9 Å². The molecule has 2 N–H and O–H groups in total. The number of hydrogen-bond donors (Lipinski definition) is 2. The summed E-state index contributed by atoms with van der Waals surface area (Å²) >= 11 is 0. The summed E-state index contributed by atoms with van der Waals surface area (Å²) in [6.07, 6.45) is 0. The van der Waals surface area contributed by atoms with Gasteiger partial charge in [0.1, 0.15) is 0 Å². The topological polar surface area (TPSA) is 97.1 Å². The molecule has 0 unspecified atom stereocenters. The first-order valence-electron chi connectivity index (χ1n) is 7.27. The van der Waals surface area contributed by atoms with E-state index in [4.69, 9.17) is 4.52 Å². The molecule has 0 atom stereocenters. The van der Waals surface area contributed by atoms with E-state index in [0.29, 0.717) is 18.4 Å². The van der Waals surface area contributed by atoms with Crippen LogP contribution in [0.15, 0.2) is 28.8 Å². The molecular formula is C15H22N4O3S. The molecule has 1 aromatic carbocycles. The first kappa shape index (κ1) is 17.4. The molecule has 0 aliphatic rings. The van der Waals surface area contributed by atoms with Gasteiger partial charge in [-0.05, 0) is 23.3 Å². The maximum Gasteiger partial charge on any atom is 0.263 e. The van der Waals surface area contributed by atoms with Crippen molar-refractivity contribution in [1.82, 2.24) is 14.9 Å². The van der Waals surface area contributed by atoms with Gasteiger partial charge in [-0.25, -0.2) is 13.1 Å². The second-order valence-electron chi connectivity index (χ2n) is 6.31. The van der Waals surface area contributed by atoms with Gasteiger partial charge >= 0.3 is 0 Å². The number of sulfonamides is 1. The van der Waals surface area contributed by atoms with Gasteiger partial charge in [0.15, 0.2) is 0 Å². The van der Waals surface area contributed by atoms with E-state index in [1.54, 1.807) is 6.07 Å². The molecule has 0 spiro atoms. The Bertz CT molecular complexity index is 763. The first-order chi connectivity index (χ1) is 10.7. The van der Waals surface area contributed by atoms with Crippen LogP contribution in [0.5, 0.6) is 0 Å². The molecule has 0 amide bonds. The Morgan fingerprint density at radius 2 is 1.91 bits per heavy atom. The van der Waals surface area contributed by atoms with Gasteiger partial charge in [-0.1, -0.05) is 45.0 Å². The van der Waals surface area contributed by atoms with E-state index in [9.17, 15) is 8.42 Å². The number of aromatic nitrogens is 2. The Balaban J connectivity index is 2.02. The van der Waals surface area contributed by atoms with Gasteiger partial charge in [0.25, 0.3) is 5.95 Å². The molecule has 2 aromatic rings. The zero-order valence-electron chi connectivity index (χ0n) is 13.8. The van der Waals surface area contributed by atoms with Gasteiger partial charge in [-0.15, -0.1) is 0 Å². The molecule has 8 heteroatoms. The van der Waals surface area contributed by atoms with E-state index in [1.807, 2.05) is 39.0 Å². The molecule has 0 saturated carbocycles. The maximum atomic E-state index is 11.6. The number of hydrogen-bond acceptors (Lipinski definition) is 6. The van der Waals surface area contributed by atoms with E-state index >= 15 is 0 Å². The largest absolute Gasteiger partial charge is 0.348 e. The predicted octanol–water partition coefficient (Wildman–Crippen LogP) is 2.03. The average molecular weight is 338 g/mol. The van der Waals surface area contributed by atoms with Crippen LogP contribution in [-0.4, -0.2) is 25.6 Å². The van der Waals surface area contributed by atoms with Gasteiger partial charge in [0.2, 0.25) is 15.9 Å². The van der Waals surface area contributed by atoms with Gasteiger partial charge < -0.3 is 9.84 Å². The molecule has 7 nitrogen and oxygen atoms in total. The minimum absolute atomic E-state index is 0.0479. The van der Waals surface area contributed by atoms with Crippen molar-refractivity contribution in [2.45, 2.75) is 38.5 Å². The third-order valence-electron chi connectivity index (χ3n) is 3.18. The molecule has 1 heterocycles. The predicted molar refractivity (Wildman–Crippen MR) is 88.5 cm³/mol. The standard InChI is InChI=1S/C15H22N4O3S/c1-15(2,3)13-18-14(19-22-13)17-9-11-6-5-7-12(8-11)10-23(20,21)16-4/h5-8,16H,9-10H2,1-4H3,(H,17,19). The van der Waals surface area contributed by atoms with Crippen LogP contribution in [0, 0.1) is 0 Å². The summed E-state index contributed by atoms with van der Waals surface area (Å²) in [5.41, 5.74) is 1.46. The van der Waals surface area contributed by atoms with Gasteiger partial charge in [-0.3, -0.25) is 0 Å². The van der Waals surface area contributed by atoms with Crippen molar-refractivity contribution in [3.8, 4) is 0 Å². The second-order valence-corrected chi connectivity index (χ2v) is 8.24. The van der Waals surface area contributed by atoms with E-state index in [1.165, 1.54) is 7.05 Å². The van der Waals surface area contributed by atoms with E-state index in [-0.39, 0.29) is 11.2 Å². The van der Waals surface area contributed by atoms with Crippen LogP contribution in [0.25, 0.3) is 0 Å². The lowest BCUT2D eigenvalue weighted by Crippen LogP contribution is -2.20. The fourth-order valence-electron chi connectivity index (χ4n) is 1.90. The highest BCUT2D eigenvalue weighted by Gasteiger charge is 2.21. The summed E-state index contributed by atoms with van der Waals surface area (Å²) in [7, 11) is -1.87. The molecule has 126 valence electrons. The highest BCUT2D eigenvalue weighted by atomic mass is 32.2. The smallest absolute Gasteiger partial charge is 0.263 e. The van der Waals surface area contributed by atoms with Crippen LogP contribution in [-0.2, 0) is 27.7 Å². The molecule has 0 bridgehead atoms. The lowest BCUT2D eigenvalue weighted by atomic mass is 9.97.